The fraction of sp³-hybridized carbons (Fsp3) is 0.818. The summed E-state index contributed by atoms with van der Waals surface area (Å²) in [5, 5.41) is 0. The van der Waals surface area contributed by atoms with E-state index < -0.39 is 6.23 Å². The van der Waals surface area contributed by atoms with Gasteiger partial charge in [-0.2, -0.15) is 0 Å². The number of hydrogen-bond donors (Lipinski definition) is 0. The van der Waals surface area contributed by atoms with Crippen LogP contribution in [0.4, 0.5) is 0 Å². The number of nitrogens with zero attached hydrogens (tertiary/aromatic N) is 1. The zero-order valence-corrected chi connectivity index (χ0v) is 9.49. The summed E-state index contributed by atoms with van der Waals surface area (Å²) < 4.78 is 5.45. The van der Waals surface area contributed by atoms with Crippen LogP contribution in [0.2, 0.25) is 0 Å². The number of carbonyl (C=O) groups excluding carboxylic acids is 2. The topological polar surface area (TPSA) is 46.6 Å². The van der Waals surface area contributed by atoms with Crippen LogP contribution in [0.5, 0.6) is 0 Å². The first-order valence-electron chi connectivity index (χ1n) is 5.63. The number of hydrogen-bond acceptors (Lipinski definition) is 3. The lowest BCUT2D eigenvalue weighted by Crippen LogP contribution is -2.47. The highest BCUT2D eigenvalue weighted by molar-refractivity contribution is 5.97. The first-order valence-corrected chi connectivity index (χ1v) is 5.63. The fourth-order valence-electron chi connectivity index (χ4n) is 1.65. The van der Waals surface area contributed by atoms with E-state index in [4.69, 9.17) is 4.74 Å². The SMILES string of the molecule is CCCCOC(C)N1C(=O)CCCC1=O. The Labute approximate surface area is 90.6 Å². The van der Waals surface area contributed by atoms with Gasteiger partial charge in [0.2, 0.25) is 11.8 Å². The molecule has 0 spiro atoms. The van der Waals surface area contributed by atoms with Crippen LogP contribution >= 0.6 is 0 Å². The molecule has 0 aromatic heterocycles. The number of likely N-dealkylation sites (tertiary alicyclic amines) is 1. The van der Waals surface area contributed by atoms with E-state index in [9.17, 15) is 9.59 Å². The lowest BCUT2D eigenvalue weighted by atomic mass is 10.1. The van der Waals surface area contributed by atoms with Crippen molar-refractivity contribution < 1.29 is 14.3 Å². The maximum atomic E-state index is 11.5. The molecule has 0 aromatic rings. The van der Waals surface area contributed by atoms with Gasteiger partial charge < -0.3 is 4.74 Å². The minimum Gasteiger partial charge on any atom is -0.358 e. The molecule has 0 N–H and O–H groups in total. The summed E-state index contributed by atoms with van der Waals surface area (Å²) >= 11 is 0. The van der Waals surface area contributed by atoms with Crippen molar-refractivity contribution in [1.82, 2.24) is 4.90 Å². The second kappa shape index (κ2) is 5.85. The Morgan fingerprint density at radius 3 is 2.47 bits per heavy atom. The van der Waals surface area contributed by atoms with E-state index in [0.29, 0.717) is 25.9 Å². The van der Waals surface area contributed by atoms with Gasteiger partial charge in [0.1, 0.15) is 6.23 Å². The maximum Gasteiger partial charge on any atom is 0.231 e. The average molecular weight is 213 g/mol. The molecule has 0 aliphatic carbocycles. The predicted molar refractivity (Wildman–Crippen MR) is 56.0 cm³/mol. The molecule has 15 heavy (non-hydrogen) atoms. The van der Waals surface area contributed by atoms with Gasteiger partial charge in [-0.1, -0.05) is 13.3 Å². The summed E-state index contributed by atoms with van der Waals surface area (Å²) in [6.45, 7) is 4.44. The summed E-state index contributed by atoms with van der Waals surface area (Å²) in [6.07, 6.45) is 3.21. The Morgan fingerprint density at radius 2 is 1.93 bits per heavy atom. The van der Waals surface area contributed by atoms with Crippen molar-refractivity contribution in [3.05, 3.63) is 0 Å². The Bertz CT molecular complexity index is 224. The summed E-state index contributed by atoms with van der Waals surface area (Å²) in [5.74, 6) is -0.203. The molecule has 1 atom stereocenters. The Morgan fingerprint density at radius 1 is 1.33 bits per heavy atom. The van der Waals surface area contributed by atoms with Gasteiger partial charge in [-0.25, -0.2) is 0 Å². The zero-order valence-electron chi connectivity index (χ0n) is 9.49. The van der Waals surface area contributed by atoms with Crippen LogP contribution in [0.3, 0.4) is 0 Å². The molecule has 0 radical (unpaired) electrons. The molecule has 1 fully saturated rings. The van der Waals surface area contributed by atoms with Gasteiger partial charge in [0.25, 0.3) is 0 Å². The smallest absolute Gasteiger partial charge is 0.231 e. The molecule has 1 rings (SSSR count). The summed E-state index contributed by atoms with van der Waals surface area (Å²) in [4.78, 5) is 24.3. The van der Waals surface area contributed by atoms with E-state index in [1.807, 2.05) is 0 Å². The number of ether oxygens (including phenoxy) is 1. The highest BCUT2D eigenvalue weighted by atomic mass is 16.5. The van der Waals surface area contributed by atoms with Crippen molar-refractivity contribution in [3.8, 4) is 0 Å². The van der Waals surface area contributed by atoms with Gasteiger partial charge in [-0.05, 0) is 19.8 Å². The fourth-order valence-corrected chi connectivity index (χ4v) is 1.65. The molecule has 1 saturated heterocycles. The van der Waals surface area contributed by atoms with E-state index in [1.54, 1.807) is 6.92 Å². The van der Waals surface area contributed by atoms with Crippen LogP contribution in [0.15, 0.2) is 0 Å². The molecule has 4 nitrogen and oxygen atoms in total. The molecule has 2 amide bonds. The van der Waals surface area contributed by atoms with E-state index >= 15 is 0 Å². The van der Waals surface area contributed by atoms with E-state index in [1.165, 1.54) is 4.90 Å². The zero-order chi connectivity index (χ0) is 11.3. The van der Waals surface area contributed by atoms with Crippen molar-refractivity contribution in [2.75, 3.05) is 6.61 Å². The minimum absolute atomic E-state index is 0.102. The van der Waals surface area contributed by atoms with Gasteiger partial charge in [-0.3, -0.25) is 14.5 Å². The maximum absolute atomic E-state index is 11.5. The molecule has 0 aromatic carbocycles. The Kier molecular flexibility index (Phi) is 4.75. The van der Waals surface area contributed by atoms with Crippen LogP contribution in [0.25, 0.3) is 0 Å². The lowest BCUT2D eigenvalue weighted by Gasteiger charge is -2.30. The van der Waals surface area contributed by atoms with Gasteiger partial charge in [0.15, 0.2) is 0 Å². The quantitative estimate of drug-likeness (QED) is 0.515. The second-order valence-corrected chi connectivity index (χ2v) is 3.83. The van der Waals surface area contributed by atoms with Crippen molar-refractivity contribution in [2.45, 2.75) is 52.2 Å². The first-order chi connectivity index (χ1) is 7.16. The highest BCUT2D eigenvalue weighted by Crippen LogP contribution is 2.16. The molecular weight excluding hydrogens is 194 g/mol. The molecule has 1 heterocycles. The Hall–Kier alpha value is -0.900. The summed E-state index contributed by atoms with van der Waals surface area (Å²) in [7, 11) is 0. The normalized spacial score (nSPS) is 19.5. The van der Waals surface area contributed by atoms with Gasteiger partial charge in [-0.15, -0.1) is 0 Å². The summed E-state index contributed by atoms with van der Waals surface area (Å²) in [5.41, 5.74) is 0. The van der Waals surface area contributed by atoms with E-state index in [0.717, 1.165) is 12.8 Å². The third-order valence-electron chi connectivity index (χ3n) is 2.54. The van der Waals surface area contributed by atoms with E-state index in [-0.39, 0.29) is 11.8 Å². The number of carbonyl (C=O) groups is 2. The monoisotopic (exact) mass is 213 g/mol. The van der Waals surface area contributed by atoms with Crippen LogP contribution in [-0.2, 0) is 14.3 Å². The second-order valence-electron chi connectivity index (χ2n) is 3.83. The molecule has 1 aliphatic heterocycles. The van der Waals surface area contributed by atoms with E-state index in [2.05, 4.69) is 6.92 Å². The molecule has 0 bridgehead atoms. The third-order valence-corrected chi connectivity index (χ3v) is 2.54. The summed E-state index contributed by atoms with van der Waals surface area (Å²) in [6, 6.07) is 0. The van der Waals surface area contributed by atoms with Crippen LogP contribution < -0.4 is 0 Å². The van der Waals surface area contributed by atoms with Crippen molar-refractivity contribution in [1.29, 1.82) is 0 Å². The third kappa shape index (κ3) is 3.30. The van der Waals surface area contributed by atoms with Crippen molar-refractivity contribution in [2.24, 2.45) is 0 Å². The van der Waals surface area contributed by atoms with Crippen molar-refractivity contribution >= 4 is 11.8 Å². The minimum atomic E-state index is -0.406. The molecule has 0 saturated carbocycles. The Balaban J connectivity index is 2.44. The molecule has 1 unspecified atom stereocenters. The molecule has 4 heteroatoms. The highest BCUT2D eigenvalue weighted by Gasteiger charge is 2.30. The molecule has 1 aliphatic rings. The lowest BCUT2D eigenvalue weighted by molar-refractivity contribution is -0.162. The molecule has 86 valence electrons. The van der Waals surface area contributed by atoms with Gasteiger partial charge in [0.05, 0.1) is 0 Å². The number of piperidine rings is 1. The van der Waals surface area contributed by atoms with Crippen molar-refractivity contribution in [3.63, 3.8) is 0 Å². The van der Waals surface area contributed by atoms with Gasteiger partial charge in [0, 0.05) is 19.4 Å². The van der Waals surface area contributed by atoms with Gasteiger partial charge >= 0.3 is 0 Å². The standard InChI is InChI=1S/C11H19NO3/c1-3-4-8-15-9(2)12-10(13)6-5-7-11(12)14/h9H,3-8H2,1-2H3. The molecular formula is C11H19NO3. The average Bonchev–Trinajstić information content (AvgIpc) is 2.18. The number of imide groups is 1. The first kappa shape index (κ1) is 12.2. The predicted octanol–water partition coefficient (Wildman–Crippen LogP) is 1.69. The number of unbranched alkanes of at least 4 members (excludes halogenated alkanes) is 1. The van der Waals surface area contributed by atoms with Crippen LogP contribution in [0.1, 0.15) is 46.0 Å². The van der Waals surface area contributed by atoms with Crippen LogP contribution in [-0.4, -0.2) is 29.5 Å². The number of rotatable bonds is 5. The largest absolute Gasteiger partial charge is 0.358 e. The number of amides is 2. The van der Waals surface area contributed by atoms with Crippen LogP contribution in [0, 0.1) is 0 Å².